The Bertz CT molecular complexity index is 1120. The number of halogens is 3. The molecule has 0 aromatic carbocycles. The monoisotopic (exact) mass is 470 g/mol. The third-order valence-corrected chi connectivity index (χ3v) is 4.68. The summed E-state index contributed by atoms with van der Waals surface area (Å²) >= 11 is 0. The Morgan fingerprint density at radius 3 is 2.61 bits per heavy atom. The first kappa shape index (κ1) is 24.0. The molecule has 3 aromatic rings. The average Bonchev–Trinajstić information content (AvgIpc) is 3.43. The number of aliphatic carboxylic acids is 1. The average molecular weight is 470 g/mol. The minimum Gasteiger partial charge on any atom is -0.475 e. The fourth-order valence-electron chi connectivity index (χ4n) is 3.05. The largest absolute Gasteiger partial charge is 0.490 e. The second kappa shape index (κ2) is 9.85. The zero-order chi connectivity index (χ0) is 24.2. The summed E-state index contributed by atoms with van der Waals surface area (Å²) in [6, 6.07) is 5.34. The summed E-state index contributed by atoms with van der Waals surface area (Å²) in [5.74, 6) is -1.86. The summed E-state index contributed by atoms with van der Waals surface area (Å²) in [6.45, 7) is 3.86. The number of hydrogen-bond acceptors (Lipinski definition) is 7. The molecule has 1 aliphatic heterocycles. The number of furan rings is 1. The molecule has 0 saturated heterocycles. The van der Waals surface area contributed by atoms with Crippen molar-refractivity contribution < 1.29 is 37.0 Å². The predicted molar refractivity (Wildman–Crippen MR) is 105 cm³/mol. The summed E-state index contributed by atoms with van der Waals surface area (Å²) in [7, 11) is 1.87. The van der Waals surface area contributed by atoms with Gasteiger partial charge in [0, 0.05) is 32.3 Å². The number of alkyl halides is 3. The van der Waals surface area contributed by atoms with Crippen molar-refractivity contribution in [3.8, 4) is 11.4 Å². The number of aryl methyl sites for hydroxylation is 2. The highest BCUT2D eigenvalue weighted by atomic mass is 19.4. The topological polar surface area (TPSA) is 137 Å². The smallest absolute Gasteiger partial charge is 0.475 e. The van der Waals surface area contributed by atoms with Gasteiger partial charge in [0.25, 0.3) is 5.91 Å². The van der Waals surface area contributed by atoms with Gasteiger partial charge in [-0.3, -0.25) is 9.48 Å². The fourth-order valence-corrected chi connectivity index (χ4v) is 3.05. The molecule has 1 aliphatic rings. The number of amides is 1. The zero-order valence-electron chi connectivity index (χ0n) is 17.7. The highest BCUT2D eigenvalue weighted by molar-refractivity contribution is 5.91. The van der Waals surface area contributed by atoms with Crippen molar-refractivity contribution in [1.29, 1.82) is 0 Å². The Morgan fingerprint density at radius 1 is 1.30 bits per heavy atom. The molecule has 3 aromatic heterocycles. The SMILES string of the molecule is Cc1ccc(C(=O)NCC2COCc3c(-c4ccnn4C)nnn3C2)o1.O=C(O)C(F)(F)F. The van der Waals surface area contributed by atoms with Crippen LogP contribution in [0.5, 0.6) is 0 Å². The van der Waals surface area contributed by atoms with Gasteiger partial charge in [-0.2, -0.15) is 18.3 Å². The molecule has 178 valence electrons. The van der Waals surface area contributed by atoms with Crippen molar-refractivity contribution in [3.63, 3.8) is 0 Å². The van der Waals surface area contributed by atoms with Crippen molar-refractivity contribution in [2.45, 2.75) is 26.3 Å². The lowest BCUT2D eigenvalue weighted by atomic mass is 10.1. The second-order valence-corrected chi connectivity index (χ2v) is 7.21. The van der Waals surface area contributed by atoms with Crippen molar-refractivity contribution >= 4 is 11.9 Å². The van der Waals surface area contributed by atoms with Gasteiger partial charge in [-0.15, -0.1) is 5.10 Å². The number of carbonyl (C=O) groups is 2. The van der Waals surface area contributed by atoms with E-state index in [1.807, 2.05) is 24.7 Å². The Hall–Kier alpha value is -3.68. The van der Waals surface area contributed by atoms with Crippen LogP contribution in [0.1, 0.15) is 22.0 Å². The van der Waals surface area contributed by atoms with Crippen LogP contribution in [-0.4, -0.2) is 61.1 Å². The van der Waals surface area contributed by atoms with Crippen LogP contribution >= 0.6 is 0 Å². The first-order chi connectivity index (χ1) is 15.6. The summed E-state index contributed by atoms with van der Waals surface area (Å²) in [5, 5.41) is 22.8. The molecule has 11 nitrogen and oxygen atoms in total. The van der Waals surface area contributed by atoms with E-state index in [4.69, 9.17) is 19.1 Å². The number of fused-ring (bicyclic) bond motifs is 1. The van der Waals surface area contributed by atoms with Gasteiger partial charge >= 0.3 is 12.1 Å². The third kappa shape index (κ3) is 5.97. The number of ether oxygens (including phenoxy) is 1. The Kier molecular flexibility index (Phi) is 7.16. The normalized spacial score (nSPS) is 15.7. The summed E-state index contributed by atoms with van der Waals surface area (Å²) in [4.78, 5) is 21.0. The predicted octanol–water partition coefficient (Wildman–Crippen LogP) is 1.79. The van der Waals surface area contributed by atoms with Crippen LogP contribution in [0.4, 0.5) is 13.2 Å². The van der Waals surface area contributed by atoms with Crippen molar-refractivity contribution in [3.05, 3.63) is 41.6 Å². The first-order valence-corrected chi connectivity index (χ1v) is 9.69. The van der Waals surface area contributed by atoms with E-state index in [-0.39, 0.29) is 11.8 Å². The summed E-state index contributed by atoms with van der Waals surface area (Å²) < 4.78 is 46.5. The van der Waals surface area contributed by atoms with E-state index in [9.17, 15) is 18.0 Å². The molecule has 1 amide bonds. The van der Waals surface area contributed by atoms with Crippen molar-refractivity contribution in [1.82, 2.24) is 30.1 Å². The van der Waals surface area contributed by atoms with Crippen molar-refractivity contribution in [2.75, 3.05) is 13.2 Å². The minimum atomic E-state index is -5.08. The quantitative estimate of drug-likeness (QED) is 0.589. The molecule has 0 radical (unpaired) electrons. The lowest BCUT2D eigenvalue weighted by Gasteiger charge is -2.14. The molecule has 14 heteroatoms. The standard InChI is InChI=1S/C17H20N6O3.C2HF3O2/c1-11-3-4-15(26-11)17(24)18-7-12-8-23-14(10-25-9-12)16(20-21-23)13-5-6-19-22(13)2;3-2(4,5)1(6)7/h3-6,12H,7-10H2,1-2H3,(H,18,24);(H,6,7). The van der Waals surface area contributed by atoms with Crippen LogP contribution < -0.4 is 5.32 Å². The van der Waals surface area contributed by atoms with Gasteiger partial charge in [-0.1, -0.05) is 5.21 Å². The number of hydrogen-bond donors (Lipinski definition) is 2. The second-order valence-electron chi connectivity index (χ2n) is 7.21. The molecule has 1 unspecified atom stereocenters. The number of carboxylic acid groups (broad SMARTS) is 1. The van der Waals surface area contributed by atoms with Crippen LogP contribution in [-0.2, 0) is 29.7 Å². The minimum absolute atomic E-state index is 0.0948. The molecular weight excluding hydrogens is 449 g/mol. The molecule has 0 fully saturated rings. The maximum absolute atomic E-state index is 12.1. The van der Waals surface area contributed by atoms with Crippen LogP contribution in [0, 0.1) is 12.8 Å². The number of rotatable bonds is 4. The van der Waals surface area contributed by atoms with Crippen LogP contribution in [0.3, 0.4) is 0 Å². The van der Waals surface area contributed by atoms with E-state index < -0.39 is 12.1 Å². The third-order valence-electron chi connectivity index (χ3n) is 4.68. The number of nitrogens with zero attached hydrogens (tertiary/aromatic N) is 5. The molecular formula is C19H21F3N6O5. The Morgan fingerprint density at radius 2 is 2.03 bits per heavy atom. The lowest BCUT2D eigenvalue weighted by molar-refractivity contribution is -0.192. The van der Waals surface area contributed by atoms with Gasteiger partial charge in [0.15, 0.2) is 5.76 Å². The van der Waals surface area contributed by atoms with Crippen LogP contribution in [0.25, 0.3) is 11.4 Å². The zero-order valence-corrected chi connectivity index (χ0v) is 17.7. The molecule has 0 saturated carbocycles. The van der Waals surface area contributed by atoms with Gasteiger partial charge in [0.2, 0.25) is 0 Å². The van der Waals surface area contributed by atoms with E-state index in [1.54, 1.807) is 23.0 Å². The van der Waals surface area contributed by atoms with Gasteiger partial charge in [0.05, 0.1) is 24.6 Å². The number of aromatic nitrogens is 5. The number of carboxylic acids is 1. The molecule has 0 spiro atoms. The molecule has 0 aliphatic carbocycles. The van der Waals surface area contributed by atoms with Gasteiger partial charge in [-0.05, 0) is 25.1 Å². The summed E-state index contributed by atoms with van der Waals surface area (Å²) in [5.41, 5.74) is 2.60. The molecule has 2 N–H and O–H groups in total. The highest BCUT2D eigenvalue weighted by Crippen LogP contribution is 2.24. The van der Waals surface area contributed by atoms with E-state index in [2.05, 4.69) is 20.7 Å². The molecule has 0 bridgehead atoms. The van der Waals surface area contributed by atoms with Gasteiger partial charge in [0.1, 0.15) is 11.5 Å². The van der Waals surface area contributed by atoms with Crippen LogP contribution in [0.15, 0.2) is 28.8 Å². The summed E-state index contributed by atoms with van der Waals surface area (Å²) in [6.07, 6.45) is -3.35. The Balaban J connectivity index is 0.000000383. The van der Waals surface area contributed by atoms with E-state index >= 15 is 0 Å². The van der Waals surface area contributed by atoms with Crippen LogP contribution in [0.2, 0.25) is 0 Å². The number of nitrogens with one attached hydrogen (secondary N) is 1. The molecule has 33 heavy (non-hydrogen) atoms. The van der Waals surface area contributed by atoms with E-state index in [1.165, 1.54) is 0 Å². The maximum Gasteiger partial charge on any atom is 0.490 e. The van der Waals surface area contributed by atoms with Gasteiger partial charge in [-0.25, -0.2) is 9.48 Å². The van der Waals surface area contributed by atoms with Crippen molar-refractivity contribution in [2.24, 2.45) is 13.0 Å². The molecule has 4 rings (SSSR count). The van der Waals surface area contributed by atoms with Gasteiger partial charge < -0.3 is 19.6 Å². The highest BCUT2D eigenvalue weighted by Gasteiger charge is 2.38. The van der Waals surface area contributed by atoms with E-state index in [0.29, 0.717) is 37.8 Å². The first-order valence-electron chi connectivity index (χ1n) is 9.69. The lowest BCUT2D eigenvalue weighted by Crippen LogP contribution is -2.32. The van der Waals surface area contributed by atoms with E-state index in [0.717, 1.165) is 17.1 Å². The number of carbonyl (C=O) groups excluding carboxylic acids is 1. The fraction of sp³-hybridized carbons (Fsp3) is 0.421. The molecule has 1 atom stereocenters. The maximum atomic E-state index is 12.1. The molecule has 4 heterocycles. The Labute approximate surface area is 185 Å².